The molecule has 1 fully saturated rings. The van der Waals surface area contributed by atoms with Gasteiger partial charge in [0.1, 0.15) is 17.2 Å². The number of rotatable bonds is 4. The minimum Gasteiger partial charge on any atom is -0.459 e. The van der Waals surface area contributed by atoms with E-state index in [0.29, 0.717) is 35.6 Å². The average molecular weight is 438 g/mol. The number of furan rings is 1. The quantitative estimate of drug-likeness (QED) is 0.672. The maximum atomic E-state index is 12.8. The van der Waals surface area contributed by atoms with Crippen molar-refractivity contribution in [3.63, 3.8) is 0 Å². The van der Waals surface area contributed by atoms with Crippen molar-refractivity contribution < 1.29 is 14.0 Å². The molecule has 3 aromatic heterocycles. The van der Waals surface area contributed by atoms with Crippen LogP contribution in [0.2, 0.25) is 0 Å². The Bertz CT molecular complexity index is 1230. The van der Waals surface area contributed by atoms with Gasteiger partial charge < -0.3 is 19.2 Å². The van der Waals surface area contributed by atoms with Crippen LogP contribution in [0.1, 0.15) is 26.0 Å². The molecule has 32 heavy (non-hydrogen) atoms. The van der Waals surface area contributed by atoms with Gasteiger partial charge >= 0.3 is 0 Å². The zero-order valence-electron chi connectivity index (χ0n) is 18.6. The van der Waals surface area contributed by atoms with Crippen LogP contribution in [0.4, 0.5) is 5.82 Å². The van der Waals surface area contributed by atoms with E-state index in [4.69, 9.17) is 4.42 Å². The molecule has 0 unspecified atom stereocenters. The van der Waals surface area contributed by atoms with E-state index in [0.717, 1.165) is 37.2 Å². The molecule has 1 aliphatic heterocycles. The minimum atomic E-state index is -0.207. The Morgan fingerprint density at radius 2 is 1.97 bits per heavy atom. The summed E-state index contributed by atoms with van der Waals surface area (Å²) >= 11 is 0. The number of carbonyl (C=O) groups is 2. The SMILES string of the molecule is CC(=O)Nc1cc(-c2cn(C)c(=O)c3cc(CN4CCCN(C(C)=O)CC4)oc23)ccn1. The van der Waals surface area contributed by atoms with Crippen LogP contribution in [0.5, 0.6) is 0 Å². The predicted molar refractivity (Wildman–Crippen MR) is 121 cm³/mol. The van der Waals surface area contributed by atoms with Crippen molar-refractivity contribution in [2.45, 2.75) is 26.8 Å². The summed E-state index contributed by atoms with van der Waals surface area (Å²) < 4.78 is 7.72. The number of fused-ring (bicyclic) bond motifs is 1. The minimum absolute atomic E-state index is 0.0970. The smallest absolute Gasteiger partial charge is 0.261 e. The highest BCUT2D eigenvalue weighted by Crippen LogP contribution is 2.30. The maximum Gasteiger partial charge on any atom is 0.261 e. The predicted octanol–water partition coefficient (Wildman–Crippen LogP) is 2.21. The summed E-state index contributed by atoms with van der Waals surface area (Å²) in [6.45, 7) is 6.65. The van der Waals surface area contributed by atoms with E-state index in [-0.39, 0.29) is 17.4 Å². The third-order valence-electron chi connectivity index (χ3n) is 5.69. The van der Waals surface area contributed by atoms with Crippen molar-refractivity contribution in [1.29, 1.82) is 0 Å². The number of nitrogens with zero attached hydrogens (tertiary/aromatic N) is 4. The first-order valence-corrected chi connectivity index (χ1v) is 10.7. The van der Waals surface area contributed by atoms with Crippen LogP contribution in [-0.4, -0.2) is 57.3 Å². The first kappa shape index (κ1) is 21.8. The molecule has 3 aromatic rings. The topological polar surface area (TPSA) is 101 Å². The zero-order valence-corrected chi connectivity index (χ0v) is 18.6. The summed E-state index contributed by atoms with van der Waals surface area (Å²) in [4.78, 5) is 44.1. The van der Waals surface area contributed by atoms with Crippen molar-refractivity contribution in [1.82, 2.24) is 19.4 Å². The van der Waals surface area contributed by atoms with Gasteiger partial charge in [0.25, 0.3) is 5.56 Å². The molecule has 4 rings (SSSR count). The van der Waals surface area contributed by atoms with Crippen LogP contribution < -0.4 is 10.9 Å². The fourth-order valence-corrected chi connectivity index (χ4v) is 4.10. The van der Waals surface area contributed by atoms with Gasteiger partial charge in [-0.1, -0.05) is 0 Å². The number of pyridine rings is 2. The van der Waals surface area contributed by atoms with Crippen molar-refractivity contribution in [3.8, 4) is 11.1 Å². The molecule has 2 amide bonds. The second kappa shape index (κ2) is 8.96. The lowest BCUT2D eigenvalue weighted by Gasteiger charge is -2.20. The van der Waals surface area contributed by atoms with Crippen LogP contribution in [0.25, 0.3) is 22.1 Å². The first-order valence-electron chi connectivity index (χ1n) is 10.7. The molecule has 1 saturated heterocycles. The molecular formula is C23H27N5O4. The Labute approximate surface area is 185 Å². The zero-order chi connectivity index (χ0) is 22.8. The lowest BCUT2D eigenvalue weighted by Crippen LogP contribution is -2.33. The maximum absolute atomic E-state index is 12.8. The van der Waals surface area contributed by atoms with Gasteiger partial charge in [-0.25, -0.2) is 4.98 Å². The molecule has 0 spiro atoms. The third-order valence-corrected chi connectivity index (χ3v) is 5.69. The molecule has 0 saturated carbocycles. The molecule has 4 heterocycles. The summed E-state index contributed by atoms with van der Waals surface area (Å²) in [6, 6.07) is 5.39. The molecule has 0 bridgehead atoms. The lowest BCUT2D eigenvalue weighted by molar-refractivity contribution is -0.128. The molecule has 0 aromatic carbocycles. The van der Waals surface area contributed by atoms with E-state index in [2.05, 4.69) is 15.2 Å². The van der Waals surface area contributed by atoms with Crippen LogP contribution in [0, 0.1) is 0 Å². The van der Waals surface area contributed by atoms with Gasteiger partial charge in [0.2, 0.25) is 11.8 Å². The van der Waals surface area contributed by atoms with Crippen molar-refractivity contribution in [2.24, 2.45) is 7.05 Å². The van der Waals surface area contributed by atoms with Crippen LogP contribution in [-0.2, 0) is 23.2 Å². The molecule has 0 aliphatic carbocycles. The molecule has 0 radical (unpaired) electrons. The highest BCUT2D eigenvalue weighted by molar-refractivity contribution is 5.93. The van der Waals surface area contributed by atoms with Crippen LogP contribution >= 0.6 is 0 Å². The molecular weight excluding hydrogens is 410 g/mol. The Kier molecular flexibility index (Phi) is 6.09. The number of amides is 2. The standard InChI is InChI=1S/C23H27N5O4/c1-15(29)25-21-11-17(5-6-24-21)20-14-26(3)23(31)19-12-18(32-22(19)20)13-27-7-4-8-28(10-9-27)16(2)30/h5-6,11-12,14H,4,7-10,13H2,1-3H3,(H,24,25,29). The number of carbonyl (C=O) groups excluding carboxylic acids is 2. The van der Waals surface area contributed by atoms with E-state index in [1.54, 1.807) is 32.4 Å². The molecule has 1 aliphatic rings. The summed E-state index contributed by atoms with van der Waals surface area (Å²) in [7, 11) is 1.71. The fourth-order valence-electron chi connectivity index (χ4n) is 4.10. The summed E-state index contributed by atoms with van der Waals surface area (Å²) in [5, 5.41) is 3.19. The third kappa shape index (κ3) is 4.57. The van der Waals surface area contributed by atoms with Gasteiger partial charge in [-0.2, -0.15) is 0 Å². The number of anilines is 1. The van der Waals surface area contributed by atoms with Crippen molar-refractivity contribution >= 4 is 28.6 Å². The van der Waals surface area contributed by atoms with Gasteiger partial charge in [0.05, 0.1) is 11.9 Å². The van der Waals surface area contributed by atoms with E-state index in [9.17, 15) is 14.4 Å². The highest BCUT2D eigenvalue weighted by Gasteiger charge is 2.20. The average Bonchev–Trinajstić information content (AvgIpc) is 3.01. The second-order valence-corrected chi connectivity index (χ2v) is 8.16. The first-order chi connectivity index (χ1) is 15.3. The molecule has 9 heteroatoms. The van der Waals surface area contributed by atoms with E-state index < -0.39 is 0 Å². The lowest BCUT2D eigenvalue weighted by atomic mass is 10.1. The normalized spacial score (nSPS) is 15.0. The van der Waals surface area contributed by atoms with Crippen molar-refractivity contribution in [2.75, 3.05) is 31.5 Å². The summed E-state index contributed by atoms with van der Waals surface area (Å²) in [5.74, 6) is 1.03. The fraction of sp³-hybridized carbons (Fsp3) is 0.391. The monoisotopic (exact) mass is 437 g/mol. The van der Waals surface area contributed by atoms with Gasteiger partial charge in [0.15, 0.2) is 0 Å². The number of hydrogen-bond donors (Lipinski definition) is 1. The second-order valence-electron chi connectivity index (χ2n) is 8.16. The Morgan fingerprint density at radius 1 is 1.16 bits per heavy atom. The Hall–Kier alpha value is -3.46. The van der Waals surface area contributed by atoms with E-state index in [1.165, 1.54) is 11.5 Å². The van der Waals surface area contributed by atoms with Crippen LogP contribution in [0.15, 0.2) is 39.8 Å². The molecule has 168 valence electrons. The molecule has 1 N–H and O–H groups in total. The largest absolute Gasteiger partial charge is 0.459 e. The van der Waals surface area contributed by atoms with Crippen molar-refractivity contribution in [3.05, 3.63) is 46.7 Å². The number of aromatic nitrogens is 2. The summed E-state index contributed by atoms with van der Waals surface area (Å²) in [5.41, 5.74) is 1.93. The highest BCUT2D eigenvalue weighted by atomic mass is 16.3. The summed E-state index contributed by atoms with van der Waals surface area (Å²) in [6.07, 6.45) is 4.25. The Balaban J connectivity index is 1.67. The number of aryl methyl sites for hydroxylation is 1. The van der Waals surface area contributed by atoms with E-state index >= 15 is 0 Å². The van der Waals surface area contributed by atoms with Gasteiger partial charge in [0, 0.05) is 65.0 Å². The number of nitrogens with one attached hydrogen (secondary N) is 1. The molecule has 0 atom stereocenters. The van der Waals surface area contributed by atoms with Crippen LogP contribution in [0.3, 0.4) is 0 Å². The van der Waals surface area contributed by atoms with Gasteiger partial charge in [-0.15, -0.1) is 0 Å². The number of hydrogen-bond acceptors (Lipinski definition) is 6. The Morgan fingerprint density at radius 3 is 2.72 bits per heavy atom. The molecule has 9 nitrogen and oxygen atoms in total. The van der Waals surface area contributed by atoms with Gasteiger partial charge in [-0.3, -0.25) is 19.3 Å². The van der Waals surface area contributed by atoms with Gasteiger partial charge in [-0.05, 0) is 30.2 Å². The van der Waals surface area contributed by atoms with E-state index in [1.807, 2.05) is 17.0 Å².